The Hall–Kier alpha value is -0.860. The van der Waals surface area contributed by atoms with Gasteiger partial charge >= 0.3 is 12.1 Å². The molecule has 2 heterocycles. The van der Waals surface area contributed by atoms with Gasteiger partial charge in [0.2, 0.25) is 0 Å². The maximum atomic E-state index is 12.8. The van der Waals surface area contributed by atoms with Crippen LogP contribution in [0.15, 0.2) is 0 Å². The fourth-order valence-electron chi connectivity index (χ4n) is 4.07. The van der Waals surface area contributed by atoms with E-state index in [1.54, 1.807) is 0 Å². The molecule has 5 nitrogen and oxygen atoms in total. The zero-order chi connectivity index (χ0) is 17.4. The van der Waals surface area contributed by atoms with Crippen molar-refractivity contribution in [3.05, 3.63) is 0 Å². The van der Waals surface area contributed by atoms with Crippen molar-refractivity contribution in [2.24, 2.45) is 17.8 Å². The number of aliphatic carboxylic acids is 1. The normalized spacial score (nSPS) is 35.9. The third-order valence-electron chi connectivity index (χ3n) is 5.30. The molecule has 2 N–H and O–H groups in total. The molecule has 0 aromatic carbocycles. The number of likely N-dealkylation sites (tertiary alicyclic amines) is 2. The van der Waals surface area contributed by atoms with E-state index < -0.39 is 30.1 Å². The Balaban J connectivity index is 2.08. The van der Waals surface area contributed by atoms with Gasteiger partial charge in [0.05, 0.1) is 5.92 Å². The maximum Gasteiger partial charge on any atom is 0.414 e. The highest BCUT2D eigenvalue weighted by molar-refractivity contribution is 5.70. The molecule has 0 aromatic heterocycles. The zero-order valence-electron chi connectivity index (χ0n) is 13.5. The zero-order valence-corrected chi connectivity index (χ0v) is 13.5. The molecule has 2 rings (SSSR count). The van der Waals surface area contributed by atoms with Crippen LogP contribution in [-0.2, 0) is 4.79 Å². The predicted molar refractivity (Wildman–Crippen MR) is 77.9 cm³/mol. The van der Waals surface area contributed by atoms with Gasteiger partial charge in [-0.1, -0.05) is 0 Å². The number of aliphatic hydroxyl groups excluding tert-OH is 1. The maximum absolute atomic E-state index is 12.8. The van der Waals surface area contributed by atoms with Crippen LogP contribution in [-0.4, -0.2) is 78.0 Å². The SMILES string of the molecule is CN1CC(C(=O)O)CC(C2CC(C(O)C(F)(F)F)CCN2C)C1. The van der Waals surface area contributed by atoms with Crippen LogP contribution in [0.1, 0.15) is 19.3 Å². The van der Waals surface area contributed by atoms with Gasteiger partial charge in [0.15, 0.2) is 6.10 Å². The average molecular weight is 338 g/mol. The smallest absolute Gasteiger partial charge is 0.414 e. The summed E-state index contributed by atoms with van der Waals surface area (Å²) in [4.78, 5) is 15.2. The number of carbonyl (C=O) groups is 1. The van der Waals surface area contributed by atoms with E-state index in [2.05, 4.69) is 0 Å². The van der Waals surface area contributed by atoms with E-state index >= 15 is 0 Å². The molecule has 8 heteroatoms. The minimum atomic E-state index is -4.60. The molecule has 2 fully saturated rings. The van der Waals surface area contributed by atoms with E-state index in [0.717, 1.165) is 0 Å². The second-order valence-corrected chi connectivity index (χ2v) is 7.07. The quantitative estimate of drug-likeness (QED) is 0.811. The van der Waals surface area contributed by atoms with Gasteiger partial charge in [-0.05, 0) is 51.7 Å². The summed E-state index contributed by atoms with van der Waals surface area (Å²) in [5.41, 5.74) is 0. The number of aliphatic hydroxyl groups is 1. The molecule has 5 atom stereocenters. The molecule has 0 bridgehead atoms. The number of halogens is 3. The topological polar surface area (TPSA) is 64.0 Å². The summed E-state index contributed by atoms with van der Waals surface area (Å²) in [6, 6.07) is -0.129. The van der Waals surface area contributed by atoms with Gasteiger partial charge in [0, 0.05) is 19.1 Å². The summed E-state index contributed by atoms with van der Waals surface area (Å²) >= 11 is 0. The lowest BCUT2D eigenvalue weighted by molar-refractivity contribution is -0.225. The van der Waals surface area contributed by atoms with Crippen molar-refractivity contribution in [2.75, 3.05) is 33.7 Å². The lowest BCUT2D eigenvalue weighted by Gasteiger charge is -2.46. The van der Waals surface area contributed by atoms with Crippen LogP contribution in [0.3, 0.4) is 0 Å². The lowest BCUT2D eigenvalue weighted by Crippen LogP contribution is -2.54. The first-order chi connectivity index (χ1) is 10.6. The molecule has 0 spiro atoms. The van der Waals surface area contributed by atoms with Gasteiger partial charge in [-0.15, -0.1) is 0 Å². The van der Waals surface area contributed by atoms with Gasteiger partial charge in [0.1, 0.15) is 0 Å². The predicted octanol–water partition coefficient (Wildman–Crippen LogP) is 1.27. The summed E-state index contributed by atoms with van der Waals surface area (Å²) in [5, 5.41) is 18.8. The highest BCUT2D eigenvalue weighted by Crippen LogP contribution is 2.37. The van der Waals surface area contributed by atoms with E-state index in [0.29, 0.717) is 32.5 Å². The summed E-state index contributed by atoms with van der Waals surface area (Å²) in [5.74, 6) is -2.15. The van der Waals surface area contributed by atoms with E-state index in [-0.39, 0.29) is 18.4 Å². The van der Waals surface area contributed by atoms with Crippen molar-refractivity contribution in [3.8, 4) is 0 Å². The number of hydrogen-bond donors (Lipinski definition) is 2. The second-order valence-electron chi connectivity index (χ2n) is 7.07. The highest BCUT2D eigenvalue weighted by atomic mass is 19.4. The molecule has 2 aliphatic rings. The highest BCUT2D eigenvalue weighted by Gasteiger charge is 2.47. The Labute approximate surface area is 134 Å². The second kappa shape index (κ2) is 6.94. The number of rotatable bonds is 3. The number of carboxylic acids is 1. The van der Waals surface area contributed by atoms with Crippen LogP contribution >= 0.6 is 0 Å². The first kappa shape index (κ1) is 18.5. The third kappa shape index (κ3) is 4.36. The van der Waals surface area contributed by atoms with E-state index in [9.17, 15) is 28.2 Å². The van der Waals surface area contributed by atoms with Gasteiger partial charge < -0.3 is 20.0 Å². The standard InChI is InChI=1S/C15H25F3N2O3/c1-19-7-10(5-11(8-19)14(22)23)12-6-9(3-4-20(12)2)13(21)15(16,17)18/h9-13,21H,3-8H2,1-2H3,(H,22,23). The summed E-state index contributed by atoms with van der Waals surface area (Å²) in [6.45, 7) is 1.63. The monoisotopic (exact) mass is 338 g/mol. The Morgan fingerprint density at radius 2 is 1.87 bits per heavy atom. The van der Waals surface area contributed by atoms with Gasteiger partial charge in [-0.2, -0.15) is 13.2 Å². The van der Waals surface area contributed by atoms with Crippen LogP contribution in [0.4, 0.5) is 13.2 Å². The van der Waals surface area contributed by atoms with E-state index in [1.165, 1.54) is 0 Å². The Kier molecular flexibility index (Phi) is 5.58. The van der Waals surface area contributed by atoms with Gasteiger partial charge in [0.25, 0.3) is 0 Å². The molecular formula is C15H25F3N2O3. The molecule has 0 aliphatic carbocycles. The first-order valence-electron chi connectivity index (χ1n) is 7.96. The van der Waals surface area contributed by atoms with Crippen molar-refractivity contribution in [2.45, 2.75) is 37.6 Å². The van der Waals surface area contributed by atoms with Crippen LogP contribution in [0.25, 0.3) is 0 Å². The van der Waals surface area contributed by atoms with Crippen LogP contribution in [0, 0.1) is 17.8 Å². The fourth-order valence-corrected chi connectivity index (χ4v) is 4.07. The molecule has 0 radical (unpaired) electrons. The number of carboxylic acid groups (broad SMARTS) is 1. The molecule has 23 heavy (non-hydrogen) atoms. The van der Waals surface area contributed by atoms with Crippen LogP contribution < -0.4 is 0 Å². The molecule has 2 saturated heterocycles. The van der Waals surface area contributed by atoms with Crippen LogP contribution in [0.5, 0.6) is 0 Å². The van der Waals surface area contributed by atoms with E-state index in [1.807, 2.05) is 23.9 Å². The fraction of sp³-hybridized carbons (Fsp3) is 0.933. The minimum absolute atomic E-state index is 0.00286. The molecule has 134 valence electrons. The molecule has 0 saturated carbocycles. The summed E-state index contributed by atoms with van der Waals surface area (Å²) in [6.07, 6.45) is -5.86. The Bertz CT molecular complexity index is 433. The van der Waals surface area contributed by atoms with E-state index in [4.69, 9.17) is 0 Å². The van der Waals surface area contributed by atoms with Crippen LogP contribution in [0.2, 0.25) is 0 Å². The average Bonchev–Trinajstić information content (AvgIpc) is 2.45. The molecule has 0 amide bonds. The molecular weight excluding hydrogens is 313 g/mol. The van der Waals surface area contributed by atoms with Gasteiger partial charge in [-0.25, -0.2) is 0 Å². The number of hydrogen-bond acceptors (Lipinski definition) is 4. The Morgan fingerprint density at radius 1 is 1.22 bits per heavy atom. The van der Waals surface area contributed by atoms with Crippen molar-refractivity contribution < 1.29 is 28.2 Å². The molecule has 0 aromatic rings. The van der Waals surface area contributed by atoms with Crippen molar-refractivity contribution in [1.29, 1.82) is 0 Å². The van der Waals surface area contributed by atoms with Crippen molar-refractivity contribution in [3.63, 3.8) is 0 Å². The lowest BCUT2D eigenvalue weighted by atomic mass is 9.76. The molecule has 2 aliphatic heterocycles. The Morgan fingerprint density at radius 3 is 2.43 bits per heavy atom. The molecule has 5 unspecified atom stereocenters. The number of piperidine rings is 2. The third-order valence-corrected chi connectivity index (χ3v) is 5.30. The number of alkyl halides is 3. The number of nitrogens with zero attached hydrogens (tertiary/aromatic N) is 2. The summed E-state index contributed by atoms with van der Waals surface area (Å²) < 4.78 is 38.3. The van der Waals surface area contributed by atoms with Crippen molar-refractivity contribution in [1.82, 2.24) is 9.80 Å². The van der Waals surface area contributed by atoms with Crippen molar-refractivity contribution >= 4 is 5.97 Å². The van der Waals surface area contributed by atoms with Gasteiger partial charge in [-0.3, -0.25) is 4.79 Å². The largest absolute Gasteiger partial charge is 0.481 e. The minimum Gasteiger partial charge on any atom is -0.481 e. The summed E-state index contributed by atoms with van der Waals surface area (Å²) in [7, 11) is 3.71. The first-order valence-corrected chi connectivity index (χ1v) is 7.96.